The van der Waals surface area contributed by atoms with Crippen molar-refractivity contribution in [2.24, 2.45) is 17.3 Å². The summed E-state index contributed by atoms with van der Waals surface area (Å²) in [7, 11) is 1.56. The van der Waals surface area contributed by atoms with Crippen molar-refractivity contribution in [2.75, 3.05) is 12.8 Å². The molecule has 0 saturated carbocycles. The third-order valence-corrected chi connectivity index (χ3v) is 3.98. The van der Waals surface area contributed by atoms with E-state index in [4.69, 9.17) is 0 Å². The Balaban J connectivity index is 5.07. The maximum absolute atomic E-state index is 12.6. The van der Waals surface area contributed by atoms with Crippen molar-refractivity contribution in [3.63, 3.8) is 0 Å². The Kier molecular flexibility index (Phi) is 9.08. The second kappa shape index (κ2) is 9.40. The predicted octanol–water partition coefficient (Wildman–Crippen LogP) is 1.61. The highest BCUT2D eigenvalue weighted by Crippen LogP contribution is 2.23. The lowest BCUT2D eigenvalue weighted by atomic mass is 9.84. The van der Waals surface area contributed by atoms with Gasteiger partial charge in [-0.25, -0.2) is 0 Å². The van der Waals surface area contributed by atoms with Gasteiger partial charge in [0.05, 0.1) is 6.10 Å². The minimum atomic E-state index is -0.620. The second-order valence-electron chi connectivity index (χ2n) is 7.32. The summed E-state index contributed by atoms with van der Waals surface area (Å²) in [5.74, 6) is -0.0652. The van der Waals surface area contributed by atoms with Gasteiger partial charge in [-0.1, -0.05) is 34.6 Å². The number of hydrogen-bond donors (Lipinski definition) is 4. The molecule has 5 nitrogen and oxygen atoms in total. The fourth-order valence-corrected chi connectivity index (χ4v) is 2.51. The van der Waals surface area contributed by atoms with Crippen molar-refractivity contribution in [3.05, 3.63) is 0 Å². The van der Waals surface area contributed by atoms with Crippen molar-refractivity contribution in [2.45, 2.75) is 59.6 Å². The van der Waals surface area contributed by atoms with E-state index in [-0.39, 0.29) is 23.1 Å². The third-order valence-electron chi connectivity index (χ3n) is 3.56. The third kappa shape index (κ3) is 7.49. The summed E-state index contributed by atoms with van der Waals surface area (Å²) in [6.45, 7) is 9.80. The van der Waals surface area contributed by atoms with Crippen molar-refractivity contribution in [1.29, 1.82) is 0 Å². The number of hydrogen-bond acceptors (Lipinski definition) is 4. The van der Waals surface area contributed by atoms with E-state index in [1.54, 1.807) is 7.05 Å². The number of carbonyl (C=O) groups excluding carboxylic acids is 2. The van der Waals surface area contributed by atoms with E-state index < -0.39 is 12.1 Å². The van der Waals surface area contributed by atoms with Crippen LogP contribution in [-0.2, 0) is 9.59 Å². The van der Waals surface area contributed by atoms with Gasteiger partial charge in [0.15, 0.2) is 0 Å². The van der Waals surface area contributed by atoms with Gasteiger partial charge in [0.25, 0.3) is 0 Å². The van der Waals surface area contributed by atoms with Crippen molar-refractivity contribution >= 4 is 24.4 Å². The number of aliphatic hydroxyl groups is 1. The Hall–Kier alpha value is -0.750. The monoisotopic (exact) mass is 332 g/mol. The van der Waals surface area contributed by atoms with Gasteiger partial charge in [-0.2, -0.15) is 12.6 Å². The summed E-state index contributed by atoms with van der Waals surface area (Å²) >= 11 is 4.07. The van der Waals surface area contributed by atoms with Crippen LogP contribution in [0.2, 0.25) is 0 Å². The van der Waals surface area contributed by atoms with Crippen LogP contribution in [0, 0.1) is 17.3 Å². The predicted molar refractivity (Wildman–Crippen MR) is 92.9 cm³/mol. The Labute approximate surface area is 140 Å². The number of likely N-dealkylation sites (N-methyl/N-ethyl adjacent to an activating group) is 1. The zero-order chi connectivity index (χ0) is 17.5. The first-order valence-electron chi connectivity index (χ1n) is 7.83. The maximum Gasteiger partial charge on any atom is 0.242 e. The quantitative estimate of drug-likeness (QED) is 0.510. The summed E-state index contributed by atoms with van der Waals surface area (Å²) in [6.07, 6.45) is 0.408. The van der Waals surface area contributed by atoms with Gasteiger partial charge in [0, 0.05) is 18.7 Å². The van der Waals surface area contributed by atoms with Gasteiger partial charge in [0.1, 0.15) is 6.04 Å². The van der Waals surface area contributed by atoms with Crippen LogP contribution in [-0.4, -0.2) is 41.9 Å². The molecule has 0 radical (unpaired) electrons. The van der Waals surface area contributed by atoms with Crippen LogP contribution in [0.25, 0.3) is 0 Å². The summed E-state index contributed by atoms with van der Waals surface area (Å²) in [5.41, 5.74) is -0.389. The molecular formula is C16H32N2O3S. The van der Waals surface area contributed by atoms with Gasteiger partial charge in [0.2, 0.25) is 11.8 Å². The number of carbonyl (C=O) groups is 2. The molecule has 0 aliphatic carbocycles. The molecule has 0 unspecified atom stereocenters. The Bertz CT molecular complexity index is 367. The molecule has 0 heterocycles. The van der Waals surface area contributed by atoms with Crippen molar-refractivity contribution in [3.8, 4) is 0 Å². The average molecular weight is 333 g/mol. The zero-order valence-corrected chi connectivity index (χ0v) is 15.5. The van der Waals surface area contributed by atoms with Crippen LogP contribution in [0.4, 0.5) is 0 Å². The number of thiol groups is 1. The molecule has 3 atom stereocenters. The van der Waals surface area contributed by atoms with Crippen LogP contribution in [0.15, 0.2) is 0 Å². The molecule has 0 aliphatic heterocycles. The molecule has 0 fully saturated rings. The lowest BCUT2D eigenvalue weighted by Gasteiger charge is -2.32. The highest BCUT2D eigenvalue weighted by Gasteiger charge is 2.34. The fraction of sp³-hybridized carbons (Fsp3) is 0.875. The molecule has 6 heteroatoms. The molecule has 0 aromatic rings. The van der Waals surface area contributed by atoms with Gasteiger partial charge < -0.3 is 15.7 Å². The fourth-order valence-electron chi connectivity index (χ4n) is 2.36. The first-order chi connectivity index (χ1) is 10.0. The highest BCUT2D eigenvalue weighted by molar-refractivity contribution is 7.80. The molecule has 130 valence electrons. The van der Waals surface area contributed by atoms with E-state index in [0.29, 0.717) is 24.5 Å². The van der Waals surface area contributed by atoms with Gasteiger partial charge in [-0.15, -0.1) is 0 Å². The minimum Gasteiger partial charge on any atom is -0.392 e. The van der Waals surface area contributed by atoms with Crippen LogP contribution in [0.5, 0.6) is 0 Å². The van der Waals surface area contributed by atoms with E-state index in [2.05, 4.69) is 23.3 Å². The van der Waals surface area contributed by atoms with E-state index >= 15 is 0 Å². The van der Waals surface area contributed by atoms with Crippen LogP contribution >= 0.6 is 12.6 Å². The molecule has 0 bridgehead atoms. The van der Waals surface area contributed by atoms with Crippen molar-refractivity contribution in [1.82, 2.24) is 10.6 Å². The number of rotatable bonds is 8. The maximum atomic E-state index is 12.6. The van der Waals surface area contributed by atoms with E-state index in [9.17, 15) is 14.7 Å². The van der Waals surface area contributed by atoms with Crippen molar-refractivity contribution < 1.29 is 14.7 Å². The first-order valence-corrected chi connectivity index (χ1v) is 8.47. The SMILES string of the molecule is CNC(=O)[C@@H](NC(=O)[C@H](CC(C)C)C[C@@H](O)CS)C(C)(C)C. The van der Waals surface area contributed by atoms with Gasteiger partial charge in [-0.05, 0) is 24.2 Å². The van der Waals surface area contributed by atoms with Crippen LogP contribution in [0.1, 0.15) is 47.5 Å². The molecule has 22 heavy (non-hydrogen) atoms. The van der Waals surface area contributed by atoms with E-state index in [1.165, 1.54) is 0 Å². The molecule has 0 rings (SSSR count). The molecule has 0 aliphatic rings. The smallest absolute Gasteiger partial charge is 0.242 e. The van der Waals surface area contributed by atoms with Crippen LogP contribution in [0.3, 0.4) is 0 Å². The van der Waals surface area contributed by atoms with E-state index in [0.717, 1.165) is 0 Å². The molecule has 0 aromatic carbocycles. The topological polar surface area (TPSA) is 78.4 Å². The number of amides is 2. The summed E-state index contributed by atoms with van der Waals surface area (Å²) < 4.78 is 0. The average Bonchev–Trinajstić information content (AvgIpc) is 2.40. The molecule has 0 aromatic heterocycles. The second-order valence-corrected chi connectivity index (χ2v) is 7.69. The normalized spacial score (nSPS) is 16.0. The molecule has 0 spiro atoms. The van der Waals surface area contributed by atoms with Crippen LogP contribution < -0.4 is 10.6 Å². The number of aliphatic hydroxyl groups excluding tert-OH is 1. The Morgan fingerprint density at radius 1 is 1.14 bits per heavy atom. The minimum absolute atomic E-state index is 0.182. The first kappa shape index (κ1) is 21.2. The lowest BCUT2D eigenvalue weighted by Crippen LogP contribution is -2.54. The summed E-state index contributed by atoms with van der Waals surface area (Å²) in [6, 6.07) is -0.604. The summed E-state index contributed by atoms with van der Waals surface area (Å²) in [5, 5.41) is 15.3. The molecule has 0 saturated heterocycles. The lowest BCUT2D eigenvalue weighted by molar-refractivity contribution is -0.134. The molecule has 2 amide bonds. The Morgan fingerprint density at radius 3 is 2.05 bits per heavy atom. The summed E-state index contributed by atoms with van der Waals surface area (Å²) in [4.78, 5) is 24.6. The highest BCUT2D eigenvalue weighted by atomic mass is 32.1. The standard InChI is InChI=1S/C16H32N2O3S/c1-10(2)7-11(8-12(19)9-22)14(20)18-13(15(21)17-6)16(3,4)5/h10-13,19,22H,7-9H2,1-6H3,(H,17,21)(H,18,20)/t11-,12-,13-/m1/s1. The number of nitrogens with one attached hydrogen (secondary N) is 2. The zero-order valence-electron chi connectivity index (χ0n) is 14.6. The van der Waals surface area contributed by atoms with Gasteiger partial charge >= 0.3 is 0 Å². The van der Waals surface area contributed by atoms with E-state index in [1.807, 2.05) is 34.6 Å². The molecule has 3 N–H and O–H groups in total. The molecular weight excluding hydrogens is 300 g/mol. The van der Waals surface area contributed by atoms with Gasteiger partial charge in [-0.3, -0.25) is 9.59 Å². The Morgan fingerprint density at radius 2 is 1.68 bits per heavy atom. The largest absolute Gasteiger partial charge is 0.392 e.